The molecule has 0 aliphatic heterocycles. The van der Waals surface area contributed by atoms with Crippen molar-refractivity contribution in [1.29, 1.82) is 0 Å². The van der Waals surface area contributed by atoms with Gasteiger partial charge in [-0.05, 0) is 37.5 Å². The maximum absolute atomic E-state index is 12.0. The SMILES string of the molecule is CCCC(C)(C)CNC(=O)C1CCC(O)CC1. The van der Waals surface area contributed by atoms with Crippen molar-refractivity contribution in [2.45, 2.75) is 65.4 Å². The number of aliphatic hydroxyl groups is 1. The summed E-state index contributed by atoms with van der Waals surface area (Å²) in [6.07, 6.45) is 5.32. The van der Waals surface area contributed by atoms with Crippen LogP contribution in [0.1, 0.15) is 59.3 Å². The molecule has 1 amide bonds. The van der Waals surface area contributed by atoms with E-state index >= 15 is 0 Å². The Kier molecular flexibility index (Phi) is 5.44. The fraction of sp³-hybridized carbons (Fsp3) is 0.929. The molecule has 1 saturated carbocycles. The van der Waals surface area contributed by atoms with Gasteiger partial charge in [0.05, 0.1) is 6.10 Å². The molecule has 0 aromatic heterocycles. The van der Waals surface area contributed by atoms with Gasteiger partial charge in [-0.1, -0.05) is 27.2 Å². The highest BCUT2D eigenvalue weighted by Gasteiger charge is 2.26. The maximum atomic E-state index is 12.0. The van der Waals surface area contributed by atoms with Gasteiger partial charge < -0.3 is 10.4 Å². The predicted molar refractivity (Wildman–Crippen MR) is 69.7 cm³/mol. The molecule has 0 aromatic carbocycles. The topological polar surface area (TPSA) is 49.3 Å². The molecule has 0 bridgehead atoms. The predicted octanol–water partition coefficient (Wildman–Crippen LogP) is 2.48. The zero-order valence-electron chi connectivity index (χ0n) is 11.5. The Labute approximate surface area is 105 Å². The number of aliphatic hydroxyl groups excluding tert-OH is 1. The molecule has 1 rings (SSSR count). The van der Waals surface area contributed by atoms with Crippen molar-refractivity contribution >= 4 is 5.91 Å². The molecule has 100 valence electrons. The first-order valence-corrected chi connectivity index (χ1v) is 6.90. The lowest BCUT2D eigenvalue weighted by molar-refractivity contribution is -0.127. The molecule has 0 saturated heterocycles. The first-order valence-electron chi connectivity index (χ1n) is 6.90. The number of amides is 1. The van der Waals surface area contributed by atoms with Crippen LogP contribution in [0.15, 0.2) is 0 Å². The van der Waals surface area contributed by atoms with Gasteiger partial charge in [0.25, 0.3) is 0 Å². The van der Waals surface area contributed by atoms with E-state index in [9.17, 15) is 9.90 Å². The van der Waals surface area contributed by atoms with Crippen LogP contribution in [0.4, 0.5) is 0 Å². The maximum Gasteiger partial charge on any atom is 0.223 e. The van der Waals surface area contributed by atoms with Gasteiger partial charge in [-0.3, -0.25) is 4.79 Å². The summed E-state index contributed by atoms with van der Waals surface area (Å²) in [6.45, 7) is 7.33. The summed E-state index contributed by atoms with van der Waals surface area (Å²) in [5.41, 5.74) is 0.193. The Hall–Kier alpha value is -0.570. The molecule has 0 aromatic rings. The summed E-state index contributed by atoms with van der Waals surface area (Å²) in [6, 6.07) is 0. The minimum absolute atomic E-state index is 0.121. The summed E-state index contributed by atoms with van der Waals surface area (Å²) in [7, 11) is 0. The van der Waals surface area contributed by atoms with E-state index in [2.05, 4.69) is 26.1 Å². The lowest BCUT2D eigenvalue weighted by Crippen LogP contribution is -2.39. The van der Waals surface area contributed by atoms with Gasteiger partial charge in [-0.25, -0.2) is 0 Å². The fourth-order valence-electron chi connectivity index (χ4n) is 2.57. The van der Waals surface area contributed by atoms with Crippen LogP contribution >= 0.6 is 0 Å². The van der Waals surface area contributed by atoms with Gasteiger partial charge in [0, 0.05) is 12.5 Å². The minimum atomic E-state index is -0.185. The van der Waals surface area contributed by atoms with Gasteiger partial charge in [-0.15, -0.1) is 0 Å². The average Bonchev–Trinajstić information content (AvgIpc) is 2.27. The molecule has 0 unspecified atom stereocenters. The number of carbonyl (C=O) groups is 1. The van der Waals surface area contributed by atoms with Crippen molar-refractivity contribution in [1.82, 2.24) is 5.32 Å². The van der Waals surface area contributed by atoms with Crippen molar-refractivity contribution in [3.63, 3.8) is 0 Å². The van der Waals surface area contributed by atoms with Crippen LogP contribution in [-0.2, 0) is 4.79 Å². The third-order valence-corrected chi connectivity index (χ3v) is 3.74. The highest BCUT2D eigenvalue weighted by molar-refractivity contribution is 5.78. The molecule has 0 heterocycles. The first kappa shape index (κ1) is 14.5. The molecular weight excluding hydrogens is 214 g/mol. The smallest absolute Gasteiger partial charge is 0.223 e. The first-order chi connectivity index (χ1) is 7.94. The minimum Gasteiger partial charge on any atom is -0.393 e. The fourth-order valence-corrected chi connectivity index (χ4v) is 2.57. The van der Waals surface area contributed by atoms with Crippen LogP contribution < -0.4 is 5.32 Å². The van der Waals surface area contributed by atoms with Crippen molar-refractivity contribution in [2.24, 2.45) is 11.3 Å². The van der Waals surface area contributed by atoms with Crippen LogP contribution in [0.5, 0.6) is 0 Å². The summed E-state index contributed by atoms with van der Waals surface area (Å²) >= 11 is 0. The van der Waals surface area contributed by atoms with E-state index in [4.69, 9.17) is 0 Å². The largest absolute Gasteiger partial charge is 0.393 e. The van der Waals surface area contributed by atoms with E-state index in [-0.39, 0.29) is 23.3 Å². The second-order valence-electron chi connectivity index (χ2n) is 6.14. The van der Waals surface area contributed by atoms with Crippen molar-refractivity contribution in [3.8, 4) is 0 Å². The molecule has 3 heteroatoms. The highest BCUT2D eigenvalue weighted by Crippen LogP contribution is 2.25. The summed E-state index contributed by atoms with van der Waals surface area (Å²) < 4.78 is 0. The molecule has 1 fully saturated rings. The van der Waals surface area contributed by atoms with E-state index in [0.29, 0.717) is 0 Å². The van der Waals surface area contributed by atoms with Crippen LogP contribution in [0.25, 0.3) is 0 Å². The Balaban J connectivity index is 2.29. The molecule has 0 spiro atoms. The highest BCUT2D eigenvalue weighted by atomic mass is 16.3. The van der Waals surface area contributed by atoms with E-state index < -0.39 is 0 Å². The van der Waals surface area contributed by atoms with E-state index in [1.807, 2.05) is 0 Å². The van der Waals surface area contributed by atoms with Crippen molar-refractivity contribution in [2.75, 3.05) is 6.54 Å². The average molecular weight is 241 g/mol. The van der Waals surface area contributed by atoms with Crippen LogP contribution in [0.2, 0.25) is 0 Å². The van der Waals surface area contributed by atoms with Crippen LogP contribution in [-0.4, -0.2) is 23.7 Å². The number of nitrogens with one attached hydrogen (secondary N) is 1. The standard InChI is InChI=1S/C14H27NO2/c1-4-9-14(2,3)10-15-13(17)11-5-7-12(16)8-6-11/h11-12,16H,4-10H2,1-3H3,(H,15,17). The Morgan fingerprint density at radius 2 is 1.88 bits per heavy atom. The van der Waals surface area contributed by atoms with Crippen LogP contribution in [0.3, 0.4) is 0 Å². The second-order valence-corrected chi connectivity index (χ2v) is 6.14. The van der Waals surface area contributed by atoms with Crippen molar-refractivity contribution < 1.29 is 9.90 Å². The van der Waals surface area contributed by atoms with Crippen LogP contribution in [0, 0.1) is 11.3 Å². The Morgan fingerprint density at radius 3 is 2.41 bits per heavy atom. The molecule has 1 aliphatic carbocycles. The van der Waals surface area contributed by atoms with Gasteiger partial charge in [0.15, 0.2) is 0 Å². The van der Waals surface area contributed by atoms with E-state index in [1.54, 1.807) is 0 Å². The van der Waals surface area contributed by atoms with Gasteiger partial charge in [-0.2, -0.15) is 0 Å². The zero-order valence-corrected chi connectivity index (χ0v) is 11.5. The quantitative estimate of drug-likeness (QED) is 0.777. The van der Waals surface area contributed by atoms with Crippen molar-refractivity contribution in [3.05, 3.63) is 0 Å². The number of hydrogen-bond donors (Lipinski definition) is 2. The lowest BCUT2D eigenvalue weighted by atomic mass is 9.85. The zero-order chi connectivity index (χ0) is 12.9. The second kappa shape index (κ2) is 6.39. The molecule has 0 radical (unpaired) electrons. The lowest BCUT2D eigenvalue weighted by Gasteiger charge is -2.28. The number of carbonyl (C=O) groups excluding carboxylic acids is 1. The van der Waals surface area contributed by atoms with E-state index in [0.717, 1.165) is 45.1 Å². The van der Waals surface area contributed by atoms with Gasteiger partial charge in [0.2, 0.25) is 5.91 Å². The molecular formula is C14H27NO2. The Bertz CT molecular complexity index is 243. The van der Waals surface area contributed by atoms with Gasteiger partial charge >= 0.3 is 0 Å². The summed E-state index contributed by atoms with van der Waals surface area (Å²) in [5, 5.41) is 12.5. The van der Waals surface area contributed by atoms with Gasteiger partial charge in [0.1, 0.15) is 0 Å². The molecule has 3 nitrogen and oxygen atoms in total. The van der Waals surface area contributed by atoms with E-state index in [1.165, 1.54) is 0 Å². The normalized spacial score (nSPS) is 25.6. The molecule has 2 N–H and O–H groups in total. The number of rotatable bonds is 5. The Morgan fingerprint density at radius 1 is 1.29 bits per heavy atom. The molecule has 1 aliphatic rings. The number of hydrogen-bond acceptors (Lipinski definition) is 2. The molecule has 0 atom stereocenters. The third kappa shape index (κ3) is 5.07. The monoisotopic (exact) mass is 241 g/mol. The summed E-state index contributed by atoms with van der Waals surface area (Å²) in [5.74, 6) is 0.303. The third-order valence-electron chi connectivity index (χ3n) is 3.74. The molecule has 17 heavy (non-hydrogen) atoms. The summed E-state index contributed by atoms with van der Waals surface area (Å²) in [4.78, 5) is 12.0.